The lowest BCUT2D eigenvalue weighted by atomic mass is 9.94. The summed E-state index contributed by atoms with van der Waals surface area (Å²) in [4.78, 5) is 15.2. The lowest BCUT2D eigenvalue weighted by molar-refractivity contribution is -0.137. The number of hydrogen-bond acceptors (Lipinski definition) is 2. The second kappa shape index (κ2) is 3.91. The Bertz CT molecular complexity index is 639. The molecule has 4 heteroatoms. The Morgan fingerprint density at radius 1 is 1.33 bits per heavy atom. The van der Waals surface area contributed by atoms with E-state index in [9.17, 15) is 9.18 Å². The van der Waals surface area contributed by atoms with Gasteiger partial charge in [-0.1, -0.05) is 6.07 Å². The van der Waals surface area contributed by atoms with E-state index in [4.69, 9.17) is 5.11 Å². The summed E-state index contributed by atoms with van der Waals surface area (Å²) in [6.07, 6.45) is 1.62. The molecule has 1 aromatic carbocycles. The maximum atomic E-state index is 13.3. The zero-order valence-electron chi connectivity index (χ0n) is 9.43. The number of carboxylic acid groups (broad SMARTS) is 1. The number of nitrogens with zero attached hydrogens (tertiary/aromatic N) is 1. The van der Waals surface area contributed by atoms with Crippen LogP contribution in [0.2, 0.25) is 0 Å². The molecule has 1 atom stereocenters. The van der Waals surface area contributed by atoms with Crippen molar-refractivity contribution in [3.8, 4) is 11.3 Å². The average Bonchev–Trinajstić information content (AvgIpc) is 2.63. The molecule has 0 radical (unpaired) electrons. The Kier molecular flexibility index (Phi) is 2.37. The van der Waals surface area contributed by atoms with Crippen molar-refractivity contribution in [1.29, 1.82) is 0 Å². The normalized spacial score (nSPS) is 16.2. The second-order valence-corrected chi connectivity index (χ2v) is 4.32. The molecular weight excluding hydrogens is 233 g/mol. The van der Waals surface area contributed by atoms with Gasteiger partial charge in [0.25, 0.3) is 0 Å². The first-order valence-corrected chi connectivity index (χ1v) is 5.63. The van der Waals surface area contributed by atoms with Gasteiger partial charge in [-0.25, -0.2) is 4.39 Å². The Morgan fingerprint density at radius 2 is 2.17 bits per heavy atom. The van der Waals surface area contributed by atoms with E-state index in [0.29, 0.717) is 5.56 Å². The molecule has 0 aliphatic heterocycles. The van der Waals surface area contributed by atoms with Gasteiger partial charge in [-0.05, 0) is 35.4 Å². The van der Waals surface area contributed by atoms with Gasteiger partial charge in [-0.15, -0.1) is 0 Å². The molecule has 1 unspecified atom stereocenters. The van der Waals surface area contributed by atoms with Crippen LogP contribution in [0.1, 0.15) is 23.5 Å². The molecule has 1 aliphatic rings. The first-order chi connectivity index (χ1) is 8.66. The first kappa shape index (κ1) is 10.9. The van der Waals surface area contributed by atoms with Crippen LogP contribution in [-0.2, 0) is 4.79 Å². The molecule has 3 rings (SSSR count). The number of aromatic nitrogens is 1. The SMILES string of the molecule is O=C(O)CC1c2cc(F)ccc2-c2ncccc21. The van der Waals surface area contributed by atoms with Gasteiger partial charge >= 0.3 is 5.97 Å². The zero-order valence-corrected chi connectivity index (χ0v) is 9.43. The van der Waals surface area contributed by atoms with Gasteiger partial charge in [0.15, 0.2) is 0 Å². The molecule has 1 N–H and O–H groups in total. The highest BCUT2D eigenvalue weighted by Crippen LogP contribution is 2.45. The molecule has 0 saturated heterocycles. The number of carboxylic acids is 1. The number of rotatable bonds is 2. The van der Waals surface area contributed by atoms with Crippen LogP contribution in [-0.4, -0.2) is 16.1 Å². The second-order valence-electron chi connectivity index (χ2n) is 4.32. The van der Waals surface area contributed by atoms with Crippen LogP contribution in [0.15, 0.2) is 36.5 Å². The highest BCUT2D eigenvalue weighted by molar-refractivity contribution is 5.79. The summed E-state index contributed by atoms with van der Waals surface area (Å²) in [5.74, 6) is -1.55. The summed E-state index contributed by atoms with van der Waals surface area (Å²) >= 11 is 0. The predicted octanol–water partition coefficient (Wildman–Crippen LogP) is 2.81. The molecule has 0 fully saturated rings. The third-order valence-electron chi connectivity index (χ3n) is 3.24. The summed E-state index contributed by atoms with van der Waals surface area (Å²) in [5.41, 5.74) is 3.17. The molecule has 18 heavy (non-hydrogen) atoms. The minimum absolute atomic E-state index is 0.0465. The van der Waals surface area contributed by atoms with Gasteiger partial charge in [-0.3, -0.25) is 9.78 Å². The standard InChI is InChI=1S/C14H10FNO2/c15-8-3-4-10-11(6-8)12(7-13(17)18)9-2-1-5-16-14(9)10/h1-6,12H,7H2,(H,17,18). The van der Waals surface area contributed by atoms with E-state index in [1.165, 1.54) is 12.1 Å². The summed E-state index contributed by atoms with van der Waals surface area (Å²) in [6, 6.07) is 8.08. The third-order valence-corrected chi connectivity index (χ3v) is 3.24. The summed E-state index contributed by atoms with van der Waals surface area (Å²) in [7, 11) is 0. The van der Waals surface area contributed by atoms with Crippen molar-refractivity contribution in [3.63, 3.8) is 0 Å². The number of halogens is 1. The fourth-order valence-electron chi connectivity index (χ4n) is 2.52. The minimum atomic E-state index is -0.896. The van der Waals surface area contributed by atoms with Gasteiger partial charge in [0, 0.05) is 17.7 Å². The fourth-order valence-corrected chi connectivity index (χ4v) is 2.52. The van der Waals surface area contributed by atoms with Crippen molar-refractivity contribution in [3.05, 3.63) is 53.5 Å². The molecule has 1 aliphatic carbocycles. The van der Waals surface area contributed by atoms with Crippen LogP contribution >= 0.6 is 0 Å². The number of aliphatic carboxylic acids is 1. The Hall–Kier alpha value is -2.23. The van der Waals surface area contributed by atoms with Crippen molar-refractivity contribution in [2.45, 2.75) is 12.3 Å². The molecule has 3 nitrogen and oxygen atoms in total. The van der Waals surface area contributed by atoms with Crippen LogP contribution in [0.3, 0.4) is 0 Å². The van der Waals surface area contributed by atoms with Crippen molar-refractivity contribution >= 4 is 5.97 Å². The van der Waals surface area contributed by atoms with Crippen molar-refractivity contribution < 1.29 is 14.3 Å². The van der Waals surface area contributed by atoms with Gasteiger partial charge in [-0.2, -0.15) is 0 Å². The Balaban J connectivity index is 2.21. The fraction of sp³-hybridized carbons (Fsp3) is 0.143. The number of benzene rings is 1. The Labute approximate surface area is 103 Å². The molecule has 0 spiro atoms. The number of hydrogen-bond donors (Lipinski definition) is 1. The highest BCUT2D eigenvalue weighted by atomic mass is 19.1. The quantitative estimate of drug-likeness (QED) is 0.882. The monoisotopic (exact) mass is 243 g/mol. The van der Waals surface area contributed by atoms with Crippen LogP contribution in [0, 0.1) is 5.82 Å². The lowest BCUT2D eigenvalue weighted by Crippen LogP contribution is -2.05. The van der Waals surface area contributed by atoms with E-state index < -0.39 is 5.97 Å². The number of pyridine rings is 1. The molecule has 0 amide bonds. The number of carbonyl (C=O) groups is 1. The smallest absolute Gasteiger partial charge is 0.304 e. The zero-order chi connectivity index (χ0) is 12.7. The van der Waals surface area contributed by atoms with E-state index in [1.54, 1.807) is 18.3 Å². The van der Waals surface area contributed by atoms with Crippen molar-refractivity contribution in [2.75, 3.05) is 0 Å². The highest BCUT2D eigenvalue weighted by Gasteiger charge is 2.31. The van der Waals surface area contributed by atoms with Gasteiger partial charge in [0.1, 0.15) is 5.82 Å². The first-order valence-electron chi connectivity index (χ1n) is 5.63. The molecule has 2 aromatic rings. The van der Waals surface area contributed by atoms with Crippen LogP contribution in [0.4, 0.5) is 4.39 Å². The topological polar surface area (TPSA) is 50.2 Å². The van der Waals surface area contributed by atoms with Crippen molar-refractivity contribution in [2.24, 2.45) is 0 Å². The van der Waals surface area contributed by atoms with Crippen LogP contribution < -0.4 is 0 Å². The minimum Gasteiger partial charge on any atom is -0.481 e. The van der Waals surface area contributed by atoms with Crippen LogP contribution in [0.25, 0.3) is 11.3 Å². The maximum absolute atomic E-state index is 13.3. The van der Waals surface area contributed by atoms with E-state index in [1.807, 2.05) is 6.07 Å². The predicted molar refractivity (Wildman–Crippen MR) is 63.7 cm³/mol. The van der Waals surface area contributed by atoms with Crippen LogP contribution in [0.5, 0.6) is 0 Å². The molecular formula is C14H10FNO2. The lowest BCUT2D eigenvalue weighted by Gasteiger charge is -2.09. The average molecular weight is 243 g/mol. The van der Waals surface area contributed by atoms with E-state index in [0.717, 1.165) is 16.8 Å². The number of fused-ring (bicyclic) bond motifs is 3. The molecule has 0 bridgehead atoms. The molecule has 1 heterocycles. The summed E-state index contributed by atoms with van der Waals surface area (Å²) < 4.78 is 13.3. The van der Waals surface area contributed by atoms with Crippen molar-refractivity contribution in [1.82, 2.24) is 4.98 Å². The maximum Gasteiger partial charge on any atom is 0.304 e. The van der Waals surface area contributed by atoms with Gasteiger partial charge in [0.05, 0.1) is 12.1 Å². The van der Waals surface area contributed by atoms with E-state index >= 15 is 0 Å². The largest absolute Gasteiger partial charge is 0.481 e. The third kappa shape index (κ3) is 1.57. The molecule has 0 saturated carbocycles. The molecule has 90 valence electrons. The summed E-state index contributed by atoms with van der Waals surface area (Å²) in [6.45, 7) is 0. The van der Waals surface area contributed by atoms with Gasteiger partial charge in [0.2, 0.25) is 0 Å². The molecule has 1 aromatic heterocycles. The van der Waals surface area contributed by atoms with Gasteiger partial charge < -0.3 is 5.11 Å². The summed E-state index contributed by atoms with van der Waals surface area (Å²) in [5, 5.41) is 8.98. The van der Waals surface area contributed by atoms with E-state index in [-0.39, 0.29) is 18.2 Å². The van der Waals surface area contributed by atoms with E-state index in [2.05, 4.69) is 4.98 Å². The Morgan fingerprint density at radius 3 is 2.94 bits per heavy atom.